The Hall–Kier alpha value is -0.0538. The monoisotopic (exact) mass is 224 g/mol. The van der Waals surface area contributed by atoms with E-state index in [1.807, 2.05) is 0 Å². The maximum Gasteiger partial charge on any atom is 0.460 e. The van der Waals surface area contributed by atoms with E-state index < -0.39 is 24.3 Å². The second-order valence-corrected chi connectivity index (χ2v) is 1.81. The molecule has 0 aromatic carbocycles. The van der Waals surface area contributed by atoms with E-state index in [1.54, 1.807) is 0 Å². The van der Waals surface area contributed by atoms with Crippen LogP contribution in [0.2, 0.25) is 0 Å². The first-order chi connectivity index (χ1) is 5.06. The van der Waals surface area contributed by atoms with Crippen LogP contribution in [-0.4, -0.2) is 47.4 Å². The Labute approximate surface area is 83.4 Å². The molecule has 0 fully saturated rings. The van der Waals surface area contributed by atoms with Gasteiger partial charge in [-0.1, -0.05) is 0 Å². The minimum atomic E-state index is -6.43. The zero-order chi connectivity index (χ0) is 10.2. The van der Waals surface area contributed by atoms with Crippen LogP contribution in [0.3, 0.4) is 0 Å². The number of alkyl halides is 7. The summed E-state index contributed by atoms with van der Waals surface area (Å²) in [4.78, 5) is 9.19. The van der Waals surface area contributed by atoms with Crippen molar-refractivity contribution in [2.75, 3.05) is 0 Å². The molecule has 76 valence electrons. The molecule has 0 unspecified atom stereocenters. The van der Waals surface area contributed by atoms with Crippen LogP contribution in [0.5, 0.6) is 0 Å². The van der Waals surface area contributed by atoms with Gasteiger partial charge in [0.1, 0.15) is 0 Å². The van der Waals surface area contributed by atoms with Gasteiger partial charge in [0.2, 0.25) is 0 Å². The Bertz CT molecular complexity index is 185. The molecule has 0 saturated heterocycles. The summed E-state index contributed by atoms with van der Waals surface area (Å²) < 4.78 is 79.8. The molecule has 0 amide bonds. The molecule has 1 nitrogen and oxygen atoms in total. The predicted molar refractivity (Wildman–Crippen MR) is 30.6 cm³/mol. The largest absolute Gasteiger partial charge is 0.460 e. The first kappa shape index (κ1) is 15.4. The third-order valence-corrected chi connectivity index (χ3v) is 0.923. The minimum Gasteiger partial charge on any atom is -0.296 e. The average Bonchev–Trinajstić information content (AvgIpc) is 1.85. The van der Waals surface area contributed by atoms with Gasteiger partial charge in [-0.2, -0.15) is 30.7 Å². The number of carbonyl (C=O) groups is 1. The van der Waals surface area contributed by atoms with E-state index in [0.29, 0.717) is 0 Å². The van der Waals surface area contributed by atoms with Gasteiger partial charge in [0.25, 0.3) is 0 Å². The fourth-order valence-electron chi connectivity index (χ4n) is 0.263. The van der Waals surface area contributed by atoms with Crippen molar-refractivity contribution in [3.63, 3.8) is 0 Å². The molecule has 0 atom stereocenters. The van der Waals surface area contributed by atoms with Crippen LogP contribution in [0, 0.1) is 0 Å². The summed E-state index contributed by atoms with van der Waals surface area (Å²) in [5, 5.41) is 0. The van der Waals surface area contributed by atoms with E-state index in [1.165, 1.54) is 0 Å². The van der Waals surface area contributed by atoms with Crippen molar-refractivity contribution < 1.29 is 35.5 Å². The molecule has 0 radical (unpaired) electrons. The lowest BCUT2D eigenvalue weighted by Crippen LogP contribution is -2.52. The van der Waals surface area contributed by atoms with Crippen LogP contribution < -0.4 is 0 Å². The average molecular weight is 224 g/mol. The molecule has 0 N–H and O–H groups in total. The second kappa shape index (κ2) is 3.99. The molecule has 0 aliphatic carbocycles. The smallest absolute Gasteiger partial charge is 0.296 e. The Morgan fingerprint density at radius 1 is 0.846 bits per heavy atom. The number of rotatable bonds is 2. The van der Waals surface area contributed by atoms with Gasteiger partial charge in [0, 0.05) is 0 Å². The van der Waals surface area contributed by atoms with E-state index >= 15 is 0 Å². The zero-order valence-corrected chi connectivity index (χ0v) is 5.13. The molecule has 0 aromatic heterocycles. The van der Waals surface area contributed by atoms with Gasteiger partial charge in [-0.25, -0.2) is 0 Å². The quantitative estimate of drug-likeness (QED) is 0.390. The minimum absolute atomic E-state index is 0. The Kier molecular flexibility index (Phi) is 4.73. The van der Waals surface area contributed by atoms with E-state index in [4.69, 9.17) is 0 Å². The summed E-state index contributed by atoms with van der Waals surface area (Å²) in [7, 11) is 0. The van der Waals surface area contributed by atoms with E-state index in [9.17, 15) is 35.5 Å². The molecule has 0 aromatic rings. The SMILES string of the molecule is O=CC(F)(F)C(F)(F)C(F)(F)F.[MgH2]. The fourth-order valence-corrected chi connectivity index (χ4v) is 0.263. The molecule has 0 aliphatic heterocycles. The van der Waals surface area contributed by atoms with Crippen LogP contribution in [0.25, 0.3) is 0 Å². The van der Waals surface area contributed by atoms with Crippen molar-refractivity contribution in [3.8, 4) is 0 Å². The zero-order valence-electron chi connectivity index (χ0n) is 5.13. The second-order valence-electron chi connectivity index (χ2n) is 1.81. The van der Waals surface area contributed by atoms with E-state index in [2.05, 4.69) is 0 Å². The molecule has 13 heavy (non-hydrogen) atoms. The predicted octanol–water partition coefficient (Wildman–Crippen LogP) is 1.10. The maximum absolute atomic E-state index is 11.6. The first-order valence-corrected chi connectivity index (χ1v) is 2.35. The number of carbonyl (C=O) groups excluding carboxylic acids is 1. The van der Waals surface area contributed by atoms with E-state index in [-0.39, 0.29) is 23.1 Å². The Balaban J connectivity index is 0. The lowest BCUT2D eigenvalue weighted by Gasteiger charge is -2.23. The van der Waals surface area contributed by atoms with Crippen molar-refractivity contribution in [3.05, 3.63) is 0 Å². The van der Waals surface area contributed by atoms with Gasteiger partial charge < -0.3 is 0 Å². The molecular weight excluding hydrogens is 221 g/mol. The number of halogens is 7. The summed E-state index contributed by atoms with van der Waals surface area (Å²) >= 11 is 0. The molecule has 0 aliphatic rings. The van der Waals surface area contributed by atoms with Crippen LogP contribution in [-0.2, 0) is 4.79 Å². The highest BCUT2D eigenvalue weighted by Gasteiger charge is 2.73. The van der Waals surface area contributed by atoms with Crippen LogP contribution in [0.4, 0.5) is 30.7 Å². The maximum atomic E-state index is 11.6. The molecule has 0 spiro atoms. The molecule has 0 rings (SSSR count). The highest BCUT2D eigenvalue weighted by atomic mass is 24.3. The van der Waals surface area contributed by atoms with Gasteiger partial charge >= 0.3 is 41.1 Å². The summed E-state index contributed by atoms with van der Waals surface area (Å²) in [5.41, 5.74) is 0. The van der Waals surface area contributed by atoms with E-state index in [0.717, 1.165) is 0 Å². The fraction of sp³-hybridized carbons (Fsp3) is 0.750. The van der Waals surface area contributed by atoms with Crippen molar-refractivity contribution in [2.45, 2.75) is 18.0 Å². The Morgan fingerprint density at radius 3 is 1.23 bits per heavy atom. The normalized spacial score (nSPS) is 13.5. The standard InChI is InChI=1S/C4HF7O.Mg.2H/c5-2(6,1-12)3(7,8)4(9,10)11;;;/h1H;;;. The van der Waals surface area contributed by atoms with Crippen LogP contribution >= 0.6 is 0 Å². The van der Waals surface area contributed by atoms with Gasteiger partial charge in [-0.05, 0) is 0 Å². The number of hydrogen-bond donors (Lipinski definition) is 0. The van der Waals surface area contributed by atoms with Gasteiger partial charge in [-0.15, -0.1) is 0 Å². The molecule has 0 heterocycles. The van der Waals surface area contributed by atoms with Crippen LogP contribution in [0.1, 0.15) is 0 Å². The first-order valence-electron chi connectivity index (χ1n) is 2.35. The number of aldehydes is 1. The third kappa shape index (κ3) is 2.69. The summed E-state index contributed by atoms with van der Waals surface area (Å²) in [6.07, 6.45) is -8.17. The topological polar surface area (TPSA) is 17.1 Å². The summed E-state index contributed by atoms with van der Waals surface area (Å²) in [6, 6.07) is 0. The highest BCUT2D eigenvalue weighted by Crippen LogP contribution is 2.45. The van der Waals surface area contributed by atoms with Gasteiger partial charge in [0.05, 0.1) is 0 Å². The lowest BCUT2D eigenvalue weighted by atomic mass is 10.2. The molecule has 0 bridgehead atoms. The van der Waals surface area contributed by atoms with Crippen LogP contribution in [0.15, 0.2) is 0 Å². The molecule has 9 heteroatoms. The van der Waals surface area contributed by atoms with Crippen molar-refractivity contribution >= 4 is 29.3 Å². The third-order valence-electron chi connectivity index (χ3n) is 0.923. The van der Waals surface area contributed by atoms with Crippen molar-refractivity contribution in [1.29, 1.82) is 0 Å². The number of hydrogen-bond acceptors (Lipinski definition) is 1. The molecular formula is C4H3F7MgO. The Morgan fingerprint density at radius 2 is 1.15 bits per heavy atom. The summed E-state index contributed by atoms with van der Waals surface area (Å²) in [6.45, 7) is 0. The molecule has 0 saturated carbocycles. The lowest BCUT2D eigenvalue weighted by molar-refractivity contribution is -0.340. The van der Waals surface area contributed by atoms with Gasteiger partial charge in [-0.3, -0.25) is 4.79 Å². The van der Waals surface area contributed by atoms with Crippen molar-refractivity contribution in [1.82, 2.24) is 0 Å². The highest BCUT2D eigenvalue weighted by molar-refractivity contribution is 5.75. The summed E-state index contributed by atoms with van der Waals surface area (Å²) in [5.74, 6) is -12.0. The van der Waals surface area contributed by atoms with Gasteiger partial charge in [0.15, 0.2) is 6.29 Å². The van der Waals surface area contributed by atoms with Crippen molar-refractivity contribution in [2.24, 2.45) is 0 Å².